The molecule has 2 heterocycles. The fourth-order valence-corrected chi connectivity index (χ4v) is 3.73. The van der Waals surface area contributed by atoms with Crippen molar-refractivity contribution in [2.75, 3.05) is 18.1 Å². The predicted octanol–water partition coefficient (Wildman–Crippen LogP) is 2.92. The summed E-state index contributed by atoms with van der Waals surface area (Å²) >= 11 is 1.53. The number of amides is 1. The molecular formula is C14H19NO3S. The van der Waals surface area contributed by atoms with E-state index in [4.69, 9.17) is 4.74 Å². The number of nitrogens with zero attached hydrogens (tertiary/aromatic N) is 1. The average molecular weight is 281 g/mol. The number of rotatable bonds is 4. The largest absolute Gasteiger partial charge is 0.462 e. The van der Waals surface area contributed by atoms with Crippen molar-refractivity contribution < 1.29 is 14.3 Å². The first-order valence-corrected chi connectivity index (χ1v) is 7.51. The fourth-order valence-electron chi connectivity index (χ4n) is 2.46. The summed E-state index contributed by atoms with van der Waals surface area (Å²) in [4.78, 5) is 26.9. The van der Waals surface area contributed by atoms with Gasteiger partial charge in [-0.05, 0) is 32.3 Å². The number of ether oxygens (including phenoxy) is 1. The van der Waals surface area contributed by atoms with Gasteiger partial charge in [0.15, 0.2) is 0 Å². The molecule has 4 nitrogen and oxygen atoms in total. The molecular weight excluding hydrogens is 262 g/mol. The molecule has 104 valence electrons. The van der Waals surface area contributed by atoms with E-state index in [0.717, 1.165) is 28.3 Å². The predicted molar refractivity (Wildman–Crippen MR) is 76.0 cm³/mol. The number of hydrogen-bond acceptors (Lipinski definition) is 4. The lowest BCUT2D eigenvalue weighted by Crippen LogP contribution is -2.25. The Labute approximate surface area is 117 Å². The first-order chi connectivity index (χ1) is 9.10. The second kappa shape index (κ2) is 5.74. The van der Waals surface area contributed by atoms with E-state index in [2.05, 4.69) is 0 Å². The topological polar surface area (TPSA) is 46.6 Å². The van der Waals surface area contributed by atoms with Crippen molar-refractivity contribution in [3.05, 3.63) is 16.0 Å². The summed E-state index contributed by atoms with van der Waals surface area (Å²) in [5.41, 5.74) is 1.61. The third-order valence-electron chi connectivity index (χ3n) is 3.34. The molecule has 0 bridgehead atoms. The van der Waals surface area contributed by atoms with Crippen LogP contribution in [0.1, 0.15) is 47.5 Å². The summed E-state index contributed by atoms with van der Waals surface area (Å²) in [6.45, 7) is 6.87. The van der Waals surface area contributed by atoms with Gasteiger partial charge in [-0.25, -0.2) is 4.79 Å². The van der Waals surface area contributed by atoms with Gasteiger partial charge >= 0.3 is 5.97 Å². The number of anilines is 1. The van der Waals surface area contributed by atoms with Crippen LogP contribution in [-0.4, -0.2) is 25.0 Å². The number of carbonyl (C=O) groups excluding carboxylic acids is 2. The molecule has 0 aromatic carbocycles. The Hall–Kier alpha value is -1.36. The van der Waals surface area contributed by atoms with Crippen molar-refractivity contribution in [3.8, 4) is 0 Å². The molecule has 0 radical (unpaired) electrons. The van der Waals surface area contributed by atoms with Crippen molar-refractivity contribution in [2.24, 2.45) is 0 Å². The minimum absolute atomic E-state index is 0.106. The van der Waals surface area contributed by atoms with E-state index in [1.807, 2.05) is 13.8 Å². The van der Waals surface area contributed by atoms with Crippen LogP contribution in [0.5, 0.6) is 0 Å². The lowest BCUT2D eigenvalue weighted by atomic mass is 10.1. The van der Waals surface area contributed by atoms with Crippen LogP contribution >= 0.6 is 11.3 Å². The van der Waals surface area contributed by atoms with Crippen LogP contribution in [-0.2, 0) is 16.0 Å². The number of esters is 1. The molecule has 1 fully saturated rings. The van der Waals surface area contributed by atoms with Crippen LogP contribution in [0.15, 0.2) is 0 Å². The molecule has 1 aliphatic heterocycles. The van der Waals surface area contributed by atoms with Gasteiger partial charge in [0.1, 0.15) is 5.00 Å². The van der Waals surface area contributed by atoms with Gasteiger partial charge in [0.2, 0.25) is 5.91 Å². The molecule has 1 amide bonds. The fraction of sp³-hybridized carbons (Fsp3) is 0.571. The number of aryl methyl sites for hydroxylation is 1. The van der Waals surface area contributed by atoms with E-state index in [1.165, 1.54) is 11.3 Å². The third kappa shape index (κ3) is 2.52. The Kier molecular flexibility index (Phi) is 4.24. The molecule has 0 aliphatic carbocycles. The summed E-state index contributed by atoms with van der Waals surface area (Å²) in [5, 5.41) is 0.773. The Morgan fingerprint density at radius 3 is 2.68 bits per heavy atom. The number of carbonyl (C=O) groups is 2. The summed E-state index contributed by atoms with van der Waals surface area (Å²) in [6, 6.07) is 0. The molecule has 1 aromatic rings. The average Bonchev–Trinajstić information content (AvgIpc) is 2.92. The lowest BCUT2D eigenvalue weighted by molar-refractivity contribution is -0.117. The summed E-state index contributed by atoms with van der Waals surface area (Å²) < 4.78 is 5.15. The molecule has 0 unspecified atom stereocenters. The second-order valence-electron chi connectivity index (χ2n) is 4.54. The second-order valence-corrected chi connectivity index (χ2v) is 5.74. The van der Waals surface area contributed by atoms with Crippen molar-refractivity contribution in [1.29, 1.82) is 0 Å². The normalized spacial score (nSPS) is 15.1. The Morgan fingerprint density at radius 1 is 1.42 bits per heavy atom. The third-order valence-corrected chi connectivity index (χ3v) is 4.51. The van der Waals surface area contributed by atoms with Crippen molar-refractivity contribution >= 4 is 28.2 Å². The van der Waals surface area contributed by atoms with Gasteiger partial charge in [0, 0.05) is 17.8 Å². The lowest BCUT2D eigenvalue weighted by Gasteiger charge is -2.15. The van der Waals surface area contributed by atoms with E-state index >= 15 is 0 Å². The van der Waals surface area contributed by atoms with E-state index in [1.54, 1.807) is 11.8 Å². The van der Waals surface area contributed by atoms with Gasteiger partial charge in [-0.2, -0.15) is 0 Å². The highest BCUT2D eigenvalue weighted by Crippen LogP contribution is 2.38. The molecule has 19 heavy (non-hydrogen) atoms. The molecule has 5 heteroatoms. The van der Waals surface area contributed by atoms with Crippen LogP contribution in [0, 0.1) is 6.92 Å². The molecule has 0 atom stereocenters. The molecule has 0 saturated carbocycles. The maximum absolute atomic E-state index is 12.2. The first kappa shape index (κ1) is 14.1. The zero-order valence-corrected chi connectivity index (χ0v) is 12.4. The van der Waals surface area contributed by atoms with Crippen LogP contribution < -0.4 is 4.90 Å². The minimum Gasteiger partial charge on any atom is -0.462 e. The summed E-state index contributed by atoms with van der Waals surface area (Å²) in [6.07, 6.45) is 2.21. The summed E-state index contributed by atoms with van der Waals surface area (Å²) in [5.74, 6) is -0.201. The highest BCUT2D eigenvalue weighted by Gasteiger charge is 2.31. The van der Waals surface area contributed by atoms with Gasteiger partial charge in [0.05, 0.1) is 12.2 Å². The van der Waals surface area contributed by atoms with E-state index < -0.39 is 0 Å². The molecule has 1 aromatic heterocycles. The van der Waals surface area contributed by atoms with Crippen LogP contribution in [0.3, 0.4) is 0 Å². The van der Waals surface area contributed by atoms with Crippen molar-refractivity contribution in [1.82, 2.24) is 0 Å². The molecule has 0 spiro atoms. The van der Waals surface area contributed by atoms with Crippen molar-refractivity contribution in [3.63, 3.8) is 0 Å². The minimum atomic E-state index is -0.307. The smallest absolute Gasteiger partial charge is 0.341 e. The number of thiophene rings is 1. The van der Waals surface area contributed by atoms with Crippen LogP contribution in [0.25, 0.3) is 0 Å². The molecule has 2 rings (SSSR count). The Bertz CT molecular complexity index is 507. The highest BCUT2D eigenvalue weighted by atomic mass is 32.1. The molecule has 0 N–H and O–H groups in total. The first-order valence-electron chi connectivity index (χ1n) is 6.69. The molecule has 1 saturated heterocycles. The highest BCUT2D eigenvalue weighted by molar-refractivity contribution is 7.17. The van der Waals surface area contributed by atoms with E-state index in [9.17, 15) is 9.59 Å². The quantitative estimate of drug-likeness (QED) is 0.797. The van der Waals surface area contributed by atoms with Crippen LogP contribution in [0.4, 0.5) is 5.00 Å². The molecule has 1 aliphatic rings. The van der Waals surface area contributed by atoms with Gasteiger partial charge in [0.25, 0.3) is 0 Å². The monoisotopic (exact) mass is 281 g/mol. The standard InChI is InChI=1S/C14H19NO3S/c1-4-10-9(3)19-13(12(10)14(17)18-5-2)15-8-6-7-11(15)16/h4-8H2,1-3H3. The zero-order valence-electron chi connectivity index (χ0n) is 11.6. The summed E-state index contributed by atoms with van der Waals surface area (Å²) in [7, 11) is 0. The van der Waals surface area contributed by atoms with Gasteiger partial charge in [-0.3, -0.25) is 4.79 Å². The van der Waals surface area contributed by atoms with E-state index in [-0.39, 0.29) is 11.9 Å². The number of hydrogen-bond donors (Lipinski definition) is 0. The van der Waals surface area contributed by atoms with Crippen molar-refractivity contribution in [2.45, 2.75) is 40.0 Å². The van der Waals surface area contributed by atoms with Gasteiger partial charge in [-0.15, -0.1) is 11.3 Å². The van der Waals surface area contributed by atoms with E-state index in [0.29, 0.717) is 25.1 Å². The van der Waals surface area contributed by atoms with Gasteiger partial charge < -0.3 is 9.64 Å². The Balaban J connectivity index is 2.47. The zero-order chi connectivity index (χ0) is 14.0. The maximum Gasteiger partial charge on any atom is 0.341 e. The van der Waals surface area contributed by atoms with Crippen LogP contribution in [0.2, 0.25) is 0 Å². The Morgan fingerprint density at radius 2 is 2.16 bits per heavy atom. The SMILES string of the molecule is CCOC(=O)c1c(N2CCCC2=O)sc(C)c1CC. The van der Waals surface area contributed by atoms with Gasteiger partial charge in [-0.1, -0.05) is 6.92 Å². The maximum atomic E-state index is 12.2.